The third-order valence-electron chi connectivity index (χ3n) is 2.79. The zero-order valence-corrected chi connectivity index (χ0v) is 10.2. The molecule has 1 aromatic rings. The number of amides is 1. The molecule has 1 unspecified atom stereocenters. The minimum absolute atomic E-state index is 0.0321. The van der Waals surface area contributed by atoms with Gasteiger partial charge in [0, 0.05) is 17.3 Å². The molecule has 0 aromatic carbocycles. The molecule has 4 nitrogen and oxygen atoms in total. The Kier molecular flexibility index (Phi) is 3.78. The van der Waals surface area contributed by atoms with Crippen molar-refractivity contribution < 1.29 is 14.7 Å². The fourth-order valence-electron chi connectivity index (χ4n) is 1.68. The van der Waals surface area contributed by atoms with Gasteiger partial charge in [0.15, 0.2) is 0 Å². The number of thiophene rings is 1. The Morgan fingerprint density at radius 2 is 2.29 bits per heavy atom. The summed E-state index contributed by atoms with van der Waals surface area (Å²) >= 11 is 1.42. The van der Waals surface area contributed by atoms with E-state index in [4.69, 9.17) is 5.11 Å². The Hall–Kier alpha value is -1.36. The zero-order chi connectivity index (χ0) is 12.3. The maximum Gasteiger partial charge on any atom is 0.311 e. The van der Waals surface area contributed by atoms with Crippen molar-refractivity contribution in [1.82, 2.24) is 5.32 Å². The molecule has 0 saturated heterocycles. The predicted molar refractivity (Wildman–Crippen MR) is 65.1 cm³/mol. The highest BCUT2D eigenvalue weighted by atomic mass is 32.1. The van der Waals surface area contributed by atoms with Gasteiger partial charge in [0.05, 0.1) is 5.92 Å². The van der Waals surface area contributed by atoms with Gasteiger partial charge < -0.3 is 10.4 Å². The first-order valence-corrected chi connectivity index (χ1v) is 6.60. The number of rotatable bonds is 6. The van der Waals surface area contributed by atoms with E-state index < -0.39 is 11.9 Å². The molecule has 1 aliphatic carbocycles. The van der Waals surface area contributed by atoms with Gasteiger partial charge in [-0.05, 0) is 30.7 Å². The molecule has 0 spiro atoms. The molecule has 0 aliphatic heterocycles. The van der Waals surface area contributed by atoms with Crippen molar-refractivity contribution in [2.45, 2.75) is 37.6 Å². The first-order chi connectivity index (χ1) is 8.16. The Morgan fingerprint density at radius 1 is 1.53 bits per heavy atom. The van der Waals surface area contributed by atoms with E-state index in [2.05, 4.69) is 5.32 Å². The fraction of sp³-hybridized carbons (Fsp3) is 0.500. The summed E-state index contributed by atoms with van der Waals surface area (Å²) in [4.78, 5) is 23.4. The minimum Gasteiger partial charge on any atom is -0.481 e. The molecule has 1 fully saturated rings. The number of aliphatic carboxylic acids is 1. The lowest BCUT2D eigenvalue weighted by atomic mass is 10.0. The van der Waals surface area contributed by atoms with Crippen molar-refractivity contribution in [2.75, 3.05) is 0 Å². The molecule has 0 radical (unpaired) electrons. The van der Waals surface area contributed by atoms with Crippen LogP contribution in [0.1, 0.15) is 36.5 Å². The van der Waals surface area contributed by atoms with Gasteiger partial charge in [-0.3, -0.25) is 9.59 Å². The molecule has 1 aliphatic rings. The summed E-state index contributed by atoms with van der Waals surface area (Å²) < 4.78 is 0. The van der Waals surface area contributed by atoms with E-state index in [-0.39, 0.29) is 12.3 Å². The molecule has 1 heterocycles. The number of carboxylic acids is 1. The van der Waals surface area contributed by atoms with E-state index in [1.807, 2.05) is 17.5 Å². The third-order valence-corrected chi connectivity index (χ3v) is 3.77. The standard InChI is InChI=1S/C12H15NO3S/c14-11(13-8-3-4-8)6-5-9(12(15)16)10-2-1-7-17-10/h1-2,7-9H,3-6H2,(H,13,14)(H,15,16). The molecule has 1 atom stereocenters. The number of carbonyl (C=O) groups excluding carboxylic acids is 1. The van der Waals surface area contributed by atoms with Crippen LogP contribution in [-0.4, -0.2) is 23.0 Å². The van der Waals surface area contributed by atoms with Crippen LogP contribution in [0.2, 0.25) is 0 Å². The van der Waals surface area contributed by atoms with Crippen molar-refractivity contribution in [1.29, 1.82) is 0 Å². The van der Waals surface area contributed by atoms with Crippen LogP contribution in [0.25, 0.3) is 0 Å². The average molecular weight is 253 g/mol. The van der Waals surface area contributed by atoms with Crippen LogP contribution in [0.3, 0.4) is 0 Å². The van der Waals surface area contributed by atoms with Gasteiger partial charge in [-0.2, -0.15) is 0 Å². The molecular formula is C12H15NO3S. The van der Waals surface area contributed by atoms with Crippen molar-refractivity contribution in [2.24, 2.45) is 0 Å². The monoisotopic (exact) mass is 253 g/mol. The Morgan fingerprint density at radius 3 is 2.82 bits per heavy atom. The number of carboxylic acid groups (broad SMARTS) is 1. The van der Waals surface area contributed by atoms with Gasteiger partial charge in [-0.25, -0.2) is 0 Å². The number of nitrogens with one attached hydrogen (secondary N) is 1. The summed E-state index contributed by atoms with van der Waals surface area (Å²) in [6.45, 7) is 0. The highest BCUT2D eigenvalue weighted by Crippen LogP contribution is 2.26. The van der Waals surface area contributed by atoms with Crippen LogP contribution < -0.4 is 5.32 Å². The molecule has 92 valence electrons. The maximum atomic E-state index is 11.5. The third kappa shape index (κ3) is 3.56. The van der Waals surface area contributed by atoms with Crippen LogP contribution in [0.5, 0.6) is 0 Å². The van der Waals surface area contributed by atoms with Crippen LogP contribution in [0, 0.1) is 0 Å². The summed E-state index contributed by atoms with van der Waals surface area (Å²) in [5, 5.41) is 13.8. The highest BCUT2D eigenvalue weighted by Gasteiger charge is 2.25. The second kappa shape index (κ2) is 5.31. The molecular weight excluding hydrogens is 238 g/mol. The van der Waals surface area contributed by atoms with E-state index >= 15 is 0 Å². The van der Waals surface area contributed by atoms with E-state index in [0.29, 0.717) is 12.5 Å². The topological polar surface area (TPSA) is 66.4 Å². The number of carbonyl (C=O) groups is 2. The van der Waals surface area contributed by atoms with Crippen LogP contribution in [0.15, 0.2) is 17.5 Å². The highest BCUT2D eigenvalue weighted by molar-refractivity contribution is 7.10. The molecule has 1 saturated carbocycles. The number of hydrogen-bond acceptors (Lipinski definition) is 3. The van der Waals surface area contributed by atoms with E-state index in [9.17, 15) is 9.59 Å². The lowest BCUT2D eigenvalue weighted by Crippen LogP contribution is -2.26. The summed E-state index contributed by atoms with van der Waals surface area (Å²) in [5.41, 5.74) is 0. The predicted octanol–water partition coefficient (Wildman–Crippen LogP) is 1.98. The van der Waals surface area contributed by atoms with Gasteiger partial charge in [0.25, 0.3) is 0 Å². The van der Waals surface area contributed by atoms with Crippen molar-refractivity contribution in [3.05, 3.63) is 22.4 Å². The van der Waals surface area contributed by atoms with Crippen molar-refractivity contribution in [3.8, 4) is 0 Å². The minimum atomic E-state index is -0.855. The molecule has 2 N–H and O–H groups in total. The maximum absolute atomic E-state index is 11.5. The largest absolute Gasteiger partial charge is 0.481 e. The average Bonchev–Trinajstić information content (AvgIpc) is 2.92. The SMILES string of the molecule is O=C(CCC(C(=O)O)c1cccs1)NC1CC1. The van der Waals surface area contributed by atoms with Crippen molar-refractivity contribution >= 4 is 23.2 Å². The Balaban J connectivity index is 1.85. The second-order valence-corrected chi connectivity index (χ2v) is 5.27. The Labute approximate surface area is 104 Å². The molecule has 2 rings (SSSR count). The molecule has 17 heavy (non-hydrogen) atoms. The van der Waals surface area contributed by atoms with Crippen LogP contribution in [-0.2, 0) is 9.59 Å². The molecule has 1 aromatic heterocycles. The second-order valence-electron chi connectivity index (χ2n) is 4.29. The van der Waals surface area contributed by atoms with Gasteiger partial charge in [0.2, 0.25) is 5.91 Å². The van der Waals surface area contributed by atoms with Gasteiger partial charge >= 0.3 is 5.97 Å². The van der Waals surface area contributed by atoms with Crippen molar-refractivity contribution in [3.63, 3.8) is 0 Å². The zero-order valence-electron chi connectivity index (χ0n) is 9.39. The first-order valence-electron chi connectivity index (χ1n) is 5.72. The Bertz CT molecular complexity index is 398. The molecule has 0 bridgehead atoms. The van der Waals surface area contributed by atoms with Crippen LogP contribution >= 0.6 is 11.3 Å². The van der Waals surface area contributed by atoms with Crippen LogP contribution in [0.4, 0.5) is 0 Å². The first kappa shape index (κ1) is 12.1. The summed E-state index contributed by atoms with van der Waals surface area (Å²) in [6.07, 6.45) is 2.76. The van der Waals surface area contributed by atoms with E-state index in [1.165, 1.54) is 11.3 Å². The van der Waals surface area contributed by atoms with E-state index in [0.717, 1.165) is 17.7 Å². The number of hydrogen-bond donors (Lipinski definition) is 2. The lowest BCUT2D eigenvalue weighted by Gasteiger charge is -2.10. The molecule has 5 heteroatoms. The summed E-state index contributed by atoms with van der Waals surface area (Å²) in [7, 11) is 0. The van der Waals surface area contributed by atoms with Gasteiger partial charge in [-0.1, -0.05) is 6.07 Å². The van der Waals surface area contributed by atoms with Gasteiger partial charge in [0.1, 0.15) is 0 Å². The van der Waals surface area contributed by atoms with E-state index in [1.54, 1.807) is 0 Å². The molecule has 1 amide bonds. The fourth-order valence-corrected chi connectivity index (χ4v) is 2.53. The lowest BCUT2D eigenvalue weighted by molar-refractivity contribution is -0.139. The summed E-state index contributed by atoms with van der Waals surface area (Å²) in [5.74, 6) is -1.44. The quantitative estimate of drug-likeness (QED) is 0.814. The summed E-state index contributed by atoms with van der Waals surface area (Å²) in [6, 6.07) is 3.98. The van der Waals surface area contributed by atoms with Gasteiger partial charge in [-0.15, -0.1) is 11.3 Å². The smallest absolute Gasteiger partial charge is 0.311 e. The normalized spacial score (nSPS) is 16.5.